The lowest BCUT2D eigenvalue weighted by Crippen LogP contribution is -2.60. The summed E-state index contributed by atoms with van der Waals surface area (Å²) in [5.41, 5.74) is -0.800. The fraction of sp³-hybridized carbons (Fsp3) is 0.733. The van der Waals surface area contributed by atoms with E-state index in [2.05, 4.69) is 37.3 Å². The van der Waals surface area contributed by atoms with Gasteiger partial charge in [0.15, 0.2) is 0 Å². The fourth-order valence-electron chi connectivity index (χ4n) is 3.55. The minimum Gasteiger partial charge on any atom is -0.377 e. The Morgan fingerprint density at radius 3 is 2.82 bits per heavy atom. The van der Waals surface area contributed by atoms with Crippen LogP contribution in [0.2, 0.25) is 0 Å². The molecule has 0 radical (unpaired) electrons. The van der Waals surface area contributed by atoms with Crippen molar-refractivity contribution in [1.82, 2.24) is 4.90 Å². The van der Waals surface area contributed by atoms with Gasteiger partial charge in [0.25, 0.3) is 0 Å². The van der Waals surface area contributed by atoms with Crippen LogP contribution < -0.4 is 0 Å². The lowest BCUT2D eigenvalue weighted by atomic mass is 9.67. The summed E-state index contributed by atoms with van der Waals surface area (Å²) in [6.45, 7) is 5.80. The summed E-state index contributed by atoms with van der Waals surface area (Å²) in [5.74, 6) is 6.24. The Morgan fingerprint density at radius 1 is 1.41 bits per heavy atom. The van der Waals surface area contributed by atoms with E-state index >= 15 is 0 Å². The zero-order valence-corrected chi connectivity index (χ0v) is 10.9. The number of piperidine rings is 1. The van der Waals surface area contributed by atoms with Gasteiger partial charge in [-0.15, -0.1) is 0 Å². The zero-order chi connectivity index (χ0) is 12.5. The molecule has 0 aromatic rings. The highest BCUT2D eigenvalue weighted by Gasteiger charge is 2.48. The number of fused-ring (bicyclic) bond motifs is 1. The number of allylic oxidation sites excluding steroid dienone is 1. The van der Waals surface area contributed by atoms with Crippen LogP contribution in [-0.2, 0) is 0 Å². The molecule has 1 heterocycles. The maximum atomic E-state index is 10.8. The summed E-state index contributed by atoms with van der Waals surface area (Å²) >= 11 is 0. The van der Waals surface area contributed by atoms with E-state index in [1.807, 2.05) is 0 Å². The molecule has 0 aromatic heterocycles. The third-order valence-electron chi connectivity index (χ3n) is 4.56. The van der Waals surface area contributed by atoms with Crippen molar-refractivity contribution >= 4 is 0 Å². The Balaban J connectivity index is 2.29. The Morgan fingerprint density at radius 2 is 2.12 bits per heavy atom. The Labute approximate surface area is 105 Å². The molecule has 0 spiro atoms. The number of hydrogen-bond acceptors (Lipinski definition) is 2. The largest absolute Gasteiger partial charge is 0.377 e. The van der Waals surface area contributed by atoms with Gasteiger partial charge in [-0.05, 0) is 32.9 Å². The number of hydrogen-bond donors (Lipinski definition) is 1. The highest BCUT2D eigenvalue weighted by atomic mass is 16.3. The second-order valence-corrected chi connectivity index (χ2v) is 5.57. The van der Waals surface area contributed by atoms with Crippen LogP contribution in [0.15, 0.2) is 12.7 Å². The van der Waals surface area contributed by atoms with Gasteiger partial charge in [-0.25, -0.2) is 0 Å². The van der Waals surface area contributed by atoms with E-state index in [0.717, 1.165) is 12.8 Å². The van der Waals surface area contributed by atoms with E-state index in [4.69, 9.17) is 0 Å². The van der Waals surface area contributed by atoms with Crippen LogP contribution in [0.4, 0.5) is 0 Å². The van der Waals surface area contributed by atoms with Crippen LogP contribution in [0, 0.1) is 17.8 Å². The van der Waals surface area contributed by atoms with Crippen molar-refractivity contribution in [3.8, 4) is 11.8 Å². The molecule has 2 fully saturated rings. The molecule has 2 heteroatoms. The van der Waals surface area contributed by atoms with Crippen LogP contribution >= 0.6 is 0 Å². The van der Waals surface area contributed by atoms with Gasteiger partial charge in [0.1, 0.15) is 5.60 Å². The molecule has 2 rings (SSSR count). The molecular formula is C15H23NO. The first-order chi connectivity index (χ1) is 8.08. The van der Waals surface area contributed by atoms with Crippen LogP contribution in [0.25, 0.3) is 0 Å². The first kappa shape index (κ1) is 12.7. The molecule has 0 bridgehead atoms. The molecule has 94 valence electrons. The monoisotopic (exact) mass is 233 g/mol. The summed E-state index contributed by atoms with van der Waals surface area (Å²) in [7, 11) is 2.19. The molecule has 2 aliphatic rings. The standard InChI is InChI=1S/C15H23NO/c1-4-5-10-15(17)11-12(2)16(3)14-9-7-6-8-13(14)15/h4,12-14,17H,1,6-9,11H2,2-3H3. The van der Waals surface area contributed by atoms with Crippen LogP contribution in [0.5, 0.6) is 0 Å². The summed E-state index contributed by atoms with van der Waals surface area (Å²) in [6, 6.07) is 0.898. The van der Waals surface area contributed by atoms with Crippen molar-refractivity contribution in [2.75, 3.05) is 7.05 Å². The highest BCUT2D eigenvalue weighted by molar-refractivity contribution is 5.25. The molecule has 17 heavy (non-hydrogen) atoms. The Kier molecular flexibility index (Phi) is 3.61. The predicted octanol–water partition coefficient (Wildman–Crippen LogP) is 2.19. The van der Waals surface area contributed by atoms with Crippen molar-refractivity contribution in [2.45, 2.75) is 56.7 Å². The number of nitrogens with zero attached hydrogens (tertiary/aromatic N) is 1. The molecule has 2 nitrogen and oxygen atoms in total. The minimum atomic E-state index is -0.800. The summed E-state index contributed by atoms with van der Waals surface area (Å²) in [6.07, 6.45) is 7.14. The van der Waals surface area contributed by atoms with Crippen molar-refractivity contribution in [3.05, 3.63) is 12.7 Å². The summed E-state index contributed by atoms with van der Waals surface area (Å²) < 4.78 is 0. The quantitative estimate of drug-likeness (QED) is 0.648. The molecule has 0 amide bonds. The van der Waals surface area contributed by atoms with Gasteiger partial charge in [-0.3, -0.25) is 0 Å². The lowest BCUT2D eigenvalue weighted by Gasteiger charge is -2.52. The van der Waals surface area contributed by atoms with Gasteiger partial charge in [0.2, 0.25) is 0 Å². The summed E-state index contributed by atoms with van der Waals surface area (Å²) in [5, 5.41) is 10.8. The van der Waals surface area contributed by atoms with Crippen molar-refractivity contribution in [1.29, 1.82) is 0 Å². The van der Waals surface area contributed by atoms with E-state index in [9.17, 15) is 5.11 Å². The highest BCUT2D eigenvalue weighted by Crippen LogP contribution is 2.42. The molecule has 1 N–H and O–H groups in total. The SMILES string of the molecule is C=CC#CC1(O)CC(C)N(C)C2CCCCC21. The number of rotatable bonds is 0. The average molecular weight is 233 g/mol. The first-order valence-electron chi connectivity index (χ1n) is 6.66. The topological polar surface area (TPSA) is 23.5 Å². The molecule has 4 atom stereocenters. The molecule has 1 aliphatic carbocycles. The van der Waals surface area contributed by atoms with Crippen molar-refractivity contribution in [3.63, 3.8) is 0 Å². The van der Waals surface area contributed by atoms with E-state index in [1.54, 1.807) is 6.08 Å². The van der Waals surface area contributed by atoms with E-state index in [1.165, 1.54) is 19.3 Å². The van der Waals surface area contributed by atoms with Crippen molar-refractivity contribution in [2.24, 2.45) is 5.92 Å². The lowest BCUT2D eigenvalue weighted by molar-refractivity contribution is -0.0913. The third kappa shape index (κ3) is 2.27. The molecule has 1 aliphatic heterocycles. The maximum Gasteiger partial charge on any atom is 0.131 e. The van der Waals surface area contributed by atoms with Gasteiger partial charge in [-0.2, -0.15) is 0 Å². The van der Waals surface area contributed by atoms with Crippen LogP contribution in [-0.4, -0.2) is 34.7 Å². The molecule has 0 aromatic carbocycles. The van der Waals surface area contributed by atoms with Gasteiger partial charge in [0, 0.05) is 24.4 Å². The van der Waals surface area contributed by atoms with Crippen LogP contribution in [0.3, 0.4) is 0 Å². The minimum absolute atomic E-state index is 0.310. The van der Waals surface area contributed by atoms with Gasteiger partial charge < -0.3 is 10.0 Å². The van der Waals surface area contributed by atoms with Gasteiger partial charge in [-0.1, -0.05) is 31.3 Å². The molecular weight excluding hydrogens is 210 g/mol. The second-order valence-electron chi connectivity index (χ2n) is 5.57. The van der Waals surface area contributed by atoms with Gasteiger partial charge in [0.05, 0.1) is 0 Å². The Bertz CT molecular complexity index is 354. The first-order valence-corrected chi connectivity index (χ1v) is 6.66. The van der Waals surface area contributed by atoms with E-state index < -0.39 is 5.60 Å². The summed E-state index contributed by atoms with van der Waals surface area (Å²) in [4.78, 5) is 2.44. The predicted molar refractivity (Wildman–Crippen MR) is 70.5 cm³/mol. The Hall–Kier alpha value is -0.780. The zero-order valence-electron chi connectivity index (χ0n) is 10.9. The number of aliphatic hydroxyl groups is 1. The number of likely N-dealkylation sites (tertiary alicyclic amines) is 1. The van der Waals surface area contributed by atoms with Crippen molar-refractivity contribution < 1.29 is 5.11 Å². The van der Waals surface area contributed by atoms with Gasteiger partial charge >= 0.3 is 0 Å². The van der Waals surface area contributed by atoms with Crippen LogP contribution in [0.1, 0.15) is 39.0 Å². The molecule has 4 unspecified atom stereocenters. The third-order valence-corrected chi connectivity index (χ3v) is 4.56. The van der Waals surface area contributed by atoms with E-state index in [-0.39, 0.29) is 0 Å². The fourth-order valence-corrected chi connectivity index (χ4v) is 3.55. The maximum absolute atomic E-state index is 10.8. The second kappa shape index (κ2) is 4.84. The average Bonchev–Trinajstić information content (AvgIpc) is 2.34. The smallest absolute Gasteiger partial charge is 0.131 e. The van der Waals surface area contributed by atoms with E-state index in [0.29, 0.717) is 18.0 Å². The molecule has 1 saturated heterocycles. The molecule has 1 saturated carbocycles. The normalized spacial score (nSPS) is 42.2.